The quantitative estimate of drug-likeness (QED) is 0.707. The molecule has 1 heteroatoms. The predicted octanol–water partition coefficient (Wildman–Crippen LogP) is 4.13. The van der Waals surface area contributed by atoms with Gasteiger partial charge in [0.05, 0.1) is 0 Å². The van der Waals surface area contributed by atoms with E-state index in [2.05, 4.69) is 12.2 Å². The third-order valence-electron chi connectivity index (χ3n) is 4.81. The Hall–Kier alpha value is -0.0400. The maximum Gasteiger partial charge on any atom is 0.00671 e. The maximum absolute atomic E-state index is 3.82. The van der Waals surface area contributed by atoms with Gasteiger partial charge < -0.3 is 5.32 Å². The van der Waals surface area contributed by atoms with Crippen LogP contribution in [-0.2, 0) is 0 Å². The Labute approximate surface area is 101 Å². The number of hydrogen-bond donors (Lipinski definition) is 1. The highest BCUT2D eigenvalue weighted by Gasteiger charge is 2.20. The molecule has 0 amide bonds. The van der Waals surface area contributed by atoms with Gasteiger partial charge in [0.15, 0.2) is 0 Å². The molecule has 0 aromatic rings. The van der Waals surface area contributed by atoms with Crippen LogP contribution >= 0.6 is 0 Å². The van der Waals surface area contributed by atoms with Gasteiger partial charge in [0, 0.05) is 6.04 Å². The summed E-state index contributed by atoms with van der Waals surface area (Å²) in [5.41, 5.74) is 0. The van der Waals surface area contributed by atoms with Crippen LogP contribution in [0.3, 0.4) is 0 Å². The monoisotopic (exact) mass is 223 g/mol. The van der Waals surface area contributed by atoms with Crippen molar-refractivity contribution < 1.29 is 0 Å². The lowest BCUT2D eigenvalue weighted by Crippen LogP contribution is -2.36. The Balaban J connectivity index is 1.66. The third kappa shape index (κ3) is 3.76. The smallest absolute Gasteiger partial charge is 0.00671 e. The summed E-state index contributed by atoms with van der Waals surface area (Å²) >= 11 is 0. The number of nitrogens with one attached hydrogen (secondary N) is 1. The fraction of sp³-hybridized carbons (Fsp3) is 1.00. The molecule has 0 bridgehead atoms. The first kappa shape index (κ1) is 12.4. The minimum atomic E-state index is 0.763. The van der Waals surface area contributed by atoms with Crippen molar-refractivity contribution in [2.24, 2.45) is 11.8 Å². The first-order valence-corrected chi connectivity index (χ1v) is 7.59. The van der Waals surface area contributed by atoms with E-state index in [0.29, 0.717) is 0 Å². The van der Waals surface area contributed by atoms with Gasteiger partial charge in [-0.05, 0) is 51.0 Å². The van der Waals surface area contributed by atoms with E-state index >= 15 is 0 Å². The van der Waals surface area contributed by atoms with Crippen molar-refractivity contribution in [1.82, 2.24) is 5.32 Å². The summed E-state index contributed by atoms with van der Waals surface area (Å²) in [6.45, 7) is 3.71. The molecule has 0 radical (unpaired) electrons. The molecule has 0 aliphatic heterocycles. The second-order valence-corrected chi connectivity index (χ2v) is 6.10. The SMILES string of the molecule is C[C@H](NCC1CCCC1)C1CCCCCC1. The molecule has 0 unspecified atom stereocenters. The van der Waals surface area contributed by atoms with Crippen LogP contribution in [0.2, 0.25) is 0 Å². The van der Waals surface area contributed by atoms with Crippen molar-refractivity contribution >= 4 is 0 Å². The molecular formula is C15H29N. The van der Waals surface area contributed by atoms with Crippen LogP contribution in [0.25, 0.3) is 0 Å². The molecule has 2 saturated carbocycles. The van der Waals surface area contributed by atoms with Gasteiger partial charge in [-0.2, -0.15) is 0 Å². The zero-order valence-corrected chi connectivity index (χ0v) is 11.0. The van der Waals surface area contributed by atoms with Gasteiger partial charge in [-0.15, -0.1) is 0 Å². The summed E-state index contributed by atoms with van der Waals surface area (Å²) in [6, 6.07) is 0.763. The summed E-state index contributed by atoms with van der Waals surface area (Å²) in [4.78, 5) is 0. The molecule has 0 saturated heterocycles. The largest absolute Gasteiger partial charge is 0.314 e. The molecule has 2 aliphatic carbocycles. The molecule has 2 fully saturated rings. The van der Waals surface area contributed by atoms with Crippen LogP contribution in [0.15, 0.2) is 0 Å². The summed E-state index contributed by atoms with van der Waals surface area (Å²) in [7, 11) is 0. The zero-order valence-electron chi connectivity index (χ0n) is 11.0. The van der Waals surface area contributed by atoms with Crippen LogP contribution in [0.1, 0.15) is 71.1 Å². The summed E-state index contributed by atoms with van der Waals surface area (Å²) < 4.78 is 0. The average Bonchev–Trinajstić information content (AvgIpc) is 2.66. The Kier molecular flexibility index (Phi) is 5.15. The van der Waals surface area contributed by atoms with Gasteiger partial charge in [-0.1, -0.05) is 38.5 Å². The zero-order chi connectivity index (χ0) is 11.2. The molecule has 1 atom stereocenters. The van der Waals surface area contributed by atoms with Crippen LogP contribution in [0.5, 0.6) is 0 Å². The average molecular weight is 223 g/mol. The van der Waals surface area contributed by atoms with Crippen molar-refractivity contribution in [2.75, 3.05) is 6.54 Å². The molecule has 2 aliphatic rings. The fourth-order valence-electron chi connectivity index (χ4n) is 3.54. The molecule has 0 spiro atoms. The van der Waals surface area contributed by atoms with E-state index in [1.807, 2.05) is 0 Å². The predicted molar refractivity (Wildman–Crippen MR) is 70.6 cm³/mol. The van der Waals surface area contributed by atoms with Crippen molar-refractivity contribution in [3.63, 3.8) is 0 Å². The van der Waals surface area contributed by atoms with E-state index in [-0.39, 0.29) is 0 Å². The number of rotatable bonds is 4. The lowest BCUT2D eigenvalue weighted by molar-refractivity contribution is 0.319. The minimum absolute atomic E-state index is 0.763. The lowest BCUT2D eigenvalue weighted by atomic mass is 9.92. The maximum atomic E-state index is 3.82. The van der Waals surface area contributed by atoms with E-state index < -0.39 is 0 Å². The molecule has 0 aromatic carbocycles. The van der Waals surface area contributed by atoms with Crippen molar-refractivity contribution in [2.45, 2.75) is 77.2 Å². The van der Waals surface area contributed by atoms with Gasteiger partial charge in [-0.3, -0.25) is 0 Å². The van der Waals surface area contributed by atoms with Crippen LogP contribution in [0, 0.1) is 11.8 Å². The molecule has 1 N–H and O–H groups in total. The van der Waals surface area contributed by atoms with Gasteiger partial charge in [0.1, 0.15) is 0 Å². The highest BCUT2D eigenvalue weighted by molar-refractivity contribution is 4.77. The Morgan fingerprint density at radius 3 is 2.06 bits per heavy atom. The molecule has 94 valence electrons. The van der Waals surface area contributed by atoms with Crippen molar-refractivity contribution in [3.05, 3.63) is 0 Å². The highest BCUT2D eigenvalue weighted by Crippen LogP contribution is 2.27. The highest BCUT2D eigenvalue weighted by atomic mass is 14.9. The summed E-state index contributed by atoms with van der Waals surface area (Å²) in [6.07, 6.45) is 14.7. The normalized spacial score (nSPS) is 26.8. The van der Waals surface area contributed by atoms with Crippen LogP contribution in [-0.4, -0.2) is 12.6 Å². The second kappa shape index (κ2) is 6.64. The van der Waals surface area contributed by atoms with E-state index in [0.717, 1.165) is 17.9 Å². The molecule has 0 aromatic heterocycles. The first-order chi connectivity index (χ1) is 7.86. The molecule has 16 heavy (non-hydrogen) atoms. The summed E-state index contributed by atoms with van der Waals surface area (Å²) in [5, 5.41) is 3.82. The standard InChI is InChI=1S/C15H29N/c1-13(15-10-4-2-3-5-11-15)16-12-14-8-6-7-9-14/h13-16H,2-12H2,1H3/t13-/m0/s1. The first-order valence-electron chi connectivity index (χ1n) is 7.59. The molecular weight excluding hydrogens is 194 g/mol. The topological polar surface area (TPSA) is 12.0 Å². The fourth-order valence-corrected chi connectivity index (χ4v) is 3.54. The van der Waals surface area contributed by atoms with E-state index in [9.17, 15) is 0 Å². The minimum Gasteiger partial charge on any atom is -0.314 e. The Morgan fingerprint density at radius 2 is 1.44 bits per heavy atom. The molecule has 2 rings (SSSR count). The number of hydrogen-bond acceptors (Lipinski definition) is 1. The Morgan fingerprint density at radius 1 is 0.875 bits per heavy atom. The van der Waals surface area contributed by atoms with Crippen molar-refractivity contribution in [3.8, 4) is 0 Å². The summed E-state index contributed by atoms with van der Waals surface area (Å²) in [5.74, 6) is 1.96. The van der Waals surface area contributed by atoms with Gasteiger partial charge >= 0.3 is 0 Å². The van der Waals surface area contributed by atoms with Crippen LogP contribution in [0.4, 0.5) is 0 Å². The van der Waals surface area contributed by atoms with E-state index in [4.69, 9.17) is 0 Å². The second-order valence-electron chi connectivity index (χ2n) is 6.10. The van der Waals surface area contributed by atoms with Crippen LogP contribution < -0.4 is 5.32 Å². The lowest BCUT2D eigenvalue weighted by Gasteiger charge is -2.25. The Bertz CT molecular complexity index is 176. The van der Waals surface area contributed by atoms with Gasteiger partial charge in [0.25, 0.3) is 0 Å². The van der Waals surface area contributed by atoms with E-state index in [1.165, 1.54) is 70.8 Å². The van der Waals surface area contributed by atoms with Gasteiger partial charge in [-0.25, -0.2) is 0 Å². The third-order valence-corrected chi connectivity index (χ3v) is 4.81. The van der Waals surface area contributed by atoms with Crippen molar-refractivity contribution in [1.29, 1.82) is 0 Å². The molecule has 1 nitrogen and oxygen atoms in total. The van der Waals surface area contributed by atoms with E-state index in [1.54, 1.807) is 0 Å². The van der Waals surface area contributed by atoms with Gasteiger partial charge in [0.2, 0.25) is 0 Å². The molecule has 0 heterocycles.